The van der Waals surface area contributed by atoms with Crippen LogP contribution in [0.5, 0.6) is 0 Å². The number of carbonyl (C=O) groups is 1. The molecule has 1 aliphatic carbocycles. The molecule has 88 valence electrons. The fourth-order valence-corrected chi connectivity index (χ4v) is 2.27. The summed E-state index contributed by atoms with van der Waals surface area (Å²) in [6.07, 6.45) is 6.67. The number of ketones is 1. The van der Waals surface area contributed by atoms with Gasteiger partial charge in [0.15, 0.2) is 0 Å². The second-order valence-electron chi connectivity index (χ2n) is 5.89. The van der Waals surface area contributed by atoms with Crippen molar-refractivity contribution in [1.29, 1.82) is 0 Å². The average molecular weight is 228 g/mol. The van der Waals surface area contributed by atoms with Crippen LogP contribution in [0.1, 0.15) is 59.3 Å². The number of hydrogen-bond donors (Lipinski definition) is 1. The van der Waals surface area contributed by atoms with Gasteiger partial charge in [0, 0.05) is 17.6 Å². The lowest BCUT2D eigenvalue weighted by Crippen LogP contribution is -2.27. The van der Waals surface area contributed by atoms with E-state index in [1.807, 2.05) is 0 Å². The lowest BCUT2D eigenvalue weighted by atomic mass is 9.81. The average Bonchev–Trinajstić information content (AvgIpc) is 2.17. The maximum absolute atomic E-state index is 12.0. The van der Waals surface area contributed by atoms with Crippen LogP contribution < -0.4 is 0 Å². The van der Waals surface area contributed by atoms with E-state index in [0.717, 1.165) is 12.8 Å². The Labute approximate surface area is 99.4 Å². The minimum Gasteiger partial charge on any atom is -0.299 e. The van der Waals surface area contributed by atoms with Crippen LogP contribution in [-0.2, 0) is 4.79 Å². The summed E-state index contributed by atoms with van der Waals surface area (Å²) in [5.41, 5.74) is 0.132. The first-order chi connectivity index (χ1) is 6.91. The first-order valence-electron chi connectivity index (χ1n) is 6.12. The Morgan fingerprint density at radius 3 is 2.27 bits per heavy atom. The number of hydrogen-bond acceptors (Lipinski definition) is 2. The first-order valence-corrected chi connectivity index (χ1v) is 6.63. The molecule has 0 aromatic rings. The molecule has 1 aliphatic rings. The molecule has 1 rings (SSSR count). The van der Waals surface area contributed by atoms with Gasteiger partial charge in [-0.1, -0.05) is 40.0 Å². The highest BCUT2D eigenvalue weighted by atomic mass is 32.1. The van der Waals surface area contributed by atoms with Crippen LogP contribution in [0.3, 0.4) is 0 Å². The molecular formula is C13H24OS. The Balaban J connectivity index is 2.40. The topological polar surface area (TPSA) is 17.1 Å². The summed E-state index contributed by atoms with van der Waals surface area (Å²) in [6.45, 7) is 6.45. The Morgan fingerprint density at radius 2 is 1.80 bits per heavy atom. The highest BCUT2D eigenvalue weighted by Crippen LogP contribution is 2.31. The minimum atomic E-state index is 0.132. The van der Waals surface area contributed by atoms with E-state index in [-0.39, 0.29) is 10.7 Å². The van der Waals surface area contributed by atoms with Crippen LogP contribution in [-0.4, -0.2) is 11.0 Å². The van der Waals surface area contributed by atoms with Crippen molar-refractivity contribution < 1.29 is 4.79 Å². The van der Waals surface area contributed by atoms with Crippen molar-refractivity contribution in [1.82, 2.24) is 0 Å². The van der Waals surface area contributed by atoms with Gasteiger partial charge in [0.2, 0.25) is 0 Å². The molecule has 0 spiro atoms. The zero-order valence-corrected chi connectivity index (χ0v) is 11.1. The molecule has 0 saturated heterocycles. The zero-order valence-electron chi connectivity index (χ0n) is 10.3. The van der Waals surface area contributed by atoms with Crippen molar-refractivity contribution in [3.8, 4) is 0 Å². The minimum absolute atomic E-state index is 0.132. The largest absolute Gasteiger partial charge is 0.299 e. The molecule has 0 aromatic heterocycles. The SMILES string of the molecule is CC(C)(C)C(S)CC(=O)C1CCCCC1. The standard InChI is InChI=1S/C13H24OS/c1-13(2,3)12(15)9-11(14)10-7-5-4-6-8-10/h10,12,15H,4-9H2,1-3H3. The summed E-state index contributed by atoms with van der Waals surface area (Å²) in [5.74, 6) is 0.792. The maximum Gasteiger partial charge on any atom is 0.137 e. The third-order valence-electron chi connectivity index (χ3n) is 3.45. The molecule has 1 unspecified atom stereocenters. The number of rotatable bonds is 3. The van der Waals surface area contributed by atoms with Crippen LogP contribution >= 0.6 is 12.6 Å². The van der Waals surface area contributed by atoms with Crippen molar-refractivity contribution in [3.05, 3.63) is 0 Å². The van der Waals surface area contributed by atoms with Crippen LogP contribution in [0.15, 0.2) is 0 Å². The summed E-state index contributed by atoms with van der Waals surface area (Å²) in [6, 6.07) is 0. The third kappa shape index (κ3) is 4.18. The predicted molar refractivity (Wildman–Crippen MR) is 68.4 cm³/mol. The molecule has 1 atom stereocenters. The van der Waals surface area contributed by atoms with E-state index in [9.17, 15) is 4.79 Å². The molecule has 0 bridgehead atoms. The van der Waals surface area contributed by atoms with Crippen LogP contribution in [0.25, 0.3) is 0 Å². The molecule has 1 nitrogen and oxygen atoms in total. The first kappa shape index (κ1) is 13.1. The smallest absolute Gasteiger partial charge is 0.137 e. The normalized spacial score (nSPS) is 21.3. The molecule has 0 amide bonds. The van der Waals surface area contributed by atoms with Gasteiger partial charge in [-0.15, -0.1) is 0 Å². The number of carbonyl (C=O) groups excluding carboxylic acids is 1. The molecule has 0 aliphatic heterocycles. The van der Waals surface area contributed by atoms with E-state index in [1.54, 1.807) is 0 Å². The van der Waals surface area contributed by atoms with Gasteiger partial charge in [0.1, 0.15) is 5.78 Å². The molecular weight excluding hydrogens is 204 g/mol. The maximum atomic E-state index is 12.0. The van der Waals surface area contributed by atoms with Crippen LogP contribution in [0.2, 0.25) is 0 Å². The molecule has 2 heteroatoms. The third-order valence-corrected chi connectivity index (χ3v) is 4.41. The summed E-state index contributed by atoms with van der Waals surface area (Å²) in [5, 5.41) is 0.201. The van der Waals surface area contributed by atoms with E-state index < -0.39 is 0 Å². The zero-order chi connectivity index (χ0) is 11.5. The van der Waals surface area contributed by atoms with Gasteiger partial charge >= 0.3 is 0 Å². The highest BCUT2D eigenvalue weighted by molar-refractivity contribution is 7.81. The second-order valence-corrected chi connectivity index (χ2v) is 6.51. The Bertz CT molecular complexity index is 211. The van der Waals surface area contributed by atoms with Gasteiger partial charge < -0.3 is 0 Å². The molecule has 1 fully saturated rings. The van der Waals surface area contributed by atoms with Crippen molar-refractivity contribution in [3.63, 3.8) is 0 Å². The van der Waals surface area contributed by atoms with Gasteiger partial charge in [-0.2, -0.15) is 12.6 Å². The van der Waals surface area contributed by atoms with Crippen LogP contribution in [0, 0.1) is 11.3 Å². The molecule has 0 aromatic carbocycles. The summed E-state index contributed by atoms with van der Waals surface area (Å²) in [4.78, 5) is 12.0. The van der Waals surface area contributed by atoms with Crippen molar-refractivity contribution >= 4 is 18.4 Å². The second kappa shape index (κ2) is 5.38. The van der Waals surface area contributed by atoms with Crippen molar-refractivity contribution in [2.45, 2.75) is 64.5 Å². The summed E-state index contributed by atoms with van der Waals surface area (Å²) >= 11 is 4.55. The molecule has 0 N–H and O–H groups in total. The Kier molecular flexibility index (Phi) is 4.69. The van der Waals surface area contributed by atoms with E-state index in [1.165, 1.54) is 19.3 Å². The quantitative estimate of drug-likeness (QED) is 0.726. The highest BCUT2D eigenvalue weighted by Gasteiger charge is 2.27. The van der Waals surface area contributed by atoms with E-state index >= 15 is 0 Å². The van der Waals surface area contributed by atoms with E-state index in [2.05, 4.69) is 33.4 Å². The Morgan fingerprint density at radius 1 is 1.27 bits per heavy atom. The van der Waals surface area contributed by atoms with Gasteiger partial charge in [-0.05, 0) is 18.3 Å². The van der Waals surface area contributed by atoms with Gasteiger partial charge in [0.25, 0.3) is 0 Å². The Hall–Kier alpha value is 0.0200. The lowest BCUT2D eigenvalue weighted by molar-refractivity contribution is -0.124. The fourth-order valence-electron chi connectivity index (χ4n) is 2.09. The fraction of sp³-hybridized carbons (Fsp3) is 0.923. The van der Waals surface area contributed by atoms with E-state index in [0.29, 0.717) is 18.1 Å². The number of thiol groups is 1. The summed E-state index contributed by atoms with van der Waals surface area (Å²) < 4.78 is 0. The predicted octanol–water partition coefficient (Wildman–Crippen LogP) is 3.87. The van der Waals surface area contributed by atoms with Crippen molar-refractivity contribution in [2.75, 3.05) is 0 Å². The van der Waals surface area contributed by atoms with Gasteiger partial charge in [-0.3, -0.25) is 4.79 Å². The molecule has 1 saturated carbocycles. The number of Topliss-reactive ketones (excluding diaryl/α,β-unsaturated/α-hetero) is 1. The summed E-state index contributed by atoms with van der Waals surface area (Å²) in [7, 11) is 0. The molecule has 0 radical (unpaired) electrons. The van der Waals surface area contributed by atoms with Crippen LogP contribution in [0.4, 0.5) is 0 Å². The lowest BCUT2D eigenvalue weighted by Gasteiger charge is -2.28. The van der Waals surface area contributed by atoms with Gasteiger partial charge in [-0.25, -0.2) is 0 Å². The van der Waals surface area contributed by atoms with Crippen molar-refractivity contribution in [2.24, 2.45) is 11.3 Å². The van der Waals surface area contributed by atoms with E-state index in [4.69, 9.17) is 0 Å². The monoisotopic (exact) mass is 228 g/mol. The van der Waals surface area contributed by atoms with Gasteiger partial charge in [0.05, 0.1) is 0 Å². The molecule has 15 heavy (non-hydrogen) atoms. The molecule has 0 heterocycles.